The van der Waals surface area contributed by atoms with Crippen molar-refractivity contribution in [3.8, 4) is 5.75 Å². The van der Waals surface area contributed by atoms with Crippen LogP contribution in [0.15, 0.2) is 53.9 Å². The minimum Gasteiger partial charge on any atom is -0.497 e. The molecule has 0 aliphatic carbocycles. The Balaban J connectivity index is 1.36. The van der Waals surface area contributed by atoms with Gasteiger partial charge in [0.15, 0.2) is 0 Å². The Morgan fingerprint density at radius 2 is 1.82 bits per heavy atom. The summed E-state index contributed by atoms with van der Waals surface area (Å²) in [6, 6.07) is 14.9. The lowest BCUT2D eigenvalue weighted by Gasteiger charge is -2.08. The highest BCUT2D eigenvalue weighted by molar-refractivity contribution is 7.09. The van der Waals surface area contributed by atoms with Gasteiger partial charge in [0.25, 0.3) is 0 Å². The fraction of sp³-hybridized carbons (Fsp3) is 0.200. The maximum absolute atomic E-state index is 12.7. The van der Waals surface area contributed by atoms with Gasteiger partial charge in [0, 0.05) is 16.5 Å². The van der Waals surface area contributed by atoms with Crippen LogP contribution < -0.4 is 10.1 Å². The maximum atomic E-state index is 12.7. The molecule has 33 heavy (non-hydrogen) atoms. The molecule has 8 heteroatoms. The van der Waals surface area contributed by atoms with Crippen LogP contribution in [0.4, 0.5) is 5.69 Å². The van der Waals surface area contributed by atoms with Crippen molar-refractivity contribution in [2.75, 3.05) is 12.4 Å². The number of nitrogens with zero attached hydrogens (tertiary/aromatic N) is 2. The lowest BCUT2D eigenvalue weighted by atomic mass is 10.1. The Morgan fingerprint density at radius 1 is 1.03 bits per heavy atom. The maximum Gasteiger partial charge on any atom is 0.340 e. The van der Waals surface area contributed by atoms with Crippen LogP contribution in [-0.4, -0.2) is 29.0 Å². The molecular formula is C25H23N3O4S. The fourth-order valence-electron chi connectivity index (χ4n) is 3.28. The van der Waals surface area contributed by atoms with E-state index in [9.17, 15) is 9.59 Å². The number of carbonyl (C=O) groups excluding carboxylic acids is 2. The Labute approximate surface area is 195 Å². The van der Waals surface area contributed by atoms with Crippen LogP contribution in [0, 0.1) is 13.8 Å². The second-order valence-electron chi connectivity index (χ2n) is 7.58. The number of hydrogen-bond acceptors (Lipinski definition) is 7. The van der Waals surface area contributed by atoms with Gasteiger partial charge >= 0.3 is 5.97 Å². The minimum atomic E-state index is -0.476. The van der Waals surface area contributed by atoms with Crippen LogP contribution in [0.3, 0.4) is 0 Å². The minimum absolute atomic E-state index is 0.0184. The molecule has 0 atom stereocenters. The molecule has 1 amide bonds. The first kappa shape index (κ1) is 22.4. The quantitative estimate of drug-likeness (QED) is 0.396. The number of benzene rings is 2. The molecule has 168 valence electrons. The molecule has 0 saturated carbocycles. The Morgan fingerprint density at radius 3 is 2.58 bits per heavy atom. The van der Waals surface area contributed by atoms with E-state index in [-0.39, 0.29) is 18.9 Å². The normalized spacial score (nSPS) is 10.8. The Bertz CT molecular complexity index is 1320. The number of carbonyl (C=O) groups is 2. The van der Waals surface area contributed by atoms with Gasteiger partial charge in [-0.3, -0.25) is 9.78 Å². The van der Waals surface area contributed by atoms with Gasteiger partial charge in [0.2, 0.25) is 5.91 Å². The number of methoxy groups -OCH3 is 1. The van der Waals surface area contributed by atoms with Crippen molar-refractivity contribution in [3.05, 3.63) is 81.4 Å². The van der Waals surface area contributed by atoms with E-state index in [1.807, 2.05) is 49.4 Å². The first-order valence-electron chi connectivity index (χ1n) is 10.3. The van der Waals surface area contributed by atoms with Gasteiger partial charge in [0.1, 0.15) is 17.4 Å². The van der Waals surface area contributed by atoms with Crippen LogP contribution >= 0.6 is 11.3 Å². The molecule has 4 aromatic rings. The summed E-state index contributed by atoms with van der Waals surface area (Å²) in [6.45, 7) is 3.78. The van der Waals surface area contributed by atoms with E-state index < -0.39 is 5.97 Å². The number of aryl methyl sites for hydroxylation is 2. The zero-order valence-corrected chi connectivity index (χ0v) is 19.4. The summed E-state index contributed by atoms with van der Waals surface area (Å²) in [6.07, 6.45) is 0.155. The smallest absolute Gasteiger partial charge is 0.340 e. The van der Waals surface area contributed by atoms with Crippen molar-refractivity contribution >= 4 is 39.8 Å². The van der Waals surface area contributed by atoms with Crippen molar-refractivity contribution in [1.82, 2.24) is 9.97 Å². The number of anilines is 1. The standard InChI is InChI=1S/C25H23N3O4S/c1-15-4-6-18(7-5-15)27-23(29)12-24-28-19(14-33-24)13-32-25(30)21-11-17-10-20(31-3)8-9-22(17)26-16(21)2/h4-11,14H,12-13H2,1-3H3,(H,27,29). The highest BCUT2D eigenvalue weighted by Gasteiger charge is 2.15. The van der Waals surface area contributed by atoms with Crippen LogP contribution in [0.2, 0.25) is 0 Å². The van der Waals surface area contributed by atoms with Crippen LogP contribution in [0.1, 0.15) is 32.3 Å². The third kappa shape index (κ3) is 5.53. The average Bonchev–Trinajstić information content (AvgIpc) is 3.25. The molecule has 1 N–H and O–H groups in total. The van der Waals surface area contributed by atoms with E-state index >= 15 is 0 Å². The van der Waals surface area contributed by atoms with Crippen molar-refractivity contribution < 1.29 is 19.1 Å². The molecule has 0 aliphatic rings. The molecule has 0 radical (unpaired) electrons. The van der Waals surface area contributed by atoms with E-state index in [1.165, 1.54) is 11.3 Å². The van der Waals surface area contributed by atoms with Crippen molar-refractivity contribution in [1.29, 1.82) is 0 Å². The third-order valence-electron chi connectivity index (χ3n) is 5.03. The SMILES string of the molecule is COc1ccc2nc(C)c(C(=O)OCc3csc(CC(=O)Nc4ccc(C)cc4)n3)cc2c1. The summed E-state index contributed by atoms with van der Waals surface area (Å²) in [7, 11) is 1.59. The highest BCUT2D eigenvalue weighted by Crippen LogP contribution is 2.23. The molecular weight excluding hydrogens is 438 g/mol. The van der Waals surface area contributed by atoms with Gasteiger partial charge in [-0.1, -0.05) is 17.7 Å². The van der Waals surface area contributed by atoms with Crippen molar-refractivity contribution in [2.45, 2.75) is 26.9 Å². The van der Waals surface area contributed by atoms with E-state index in [2.05, 4.69) is 15.3 Å². The van der Waals surface area contributed by atoms with Gasteiger partial charge in [-0.15, -0.1) is 11.3 Å². The zero-order valence-electron chi connectivity index (χ0n) is 18.5. The van der Waals surface area contributed by atoms with Crippen LogP contribution in [0.25, 0.3) is 10.9 Å². The Kier molecular flexibility index (Phi) is 6.65. The van der Waals surface area contributed by atoms with Gasteiger partial charge in [-0.05, 0) is 50.2 Å². The van der Waals surface area contributed by atoms with E-state index in [0.717, 1.165) is 22.2 Å². The van der Waals surface area contributed by atoms with Crippen molar-refractivity contribution in [2.24, 2.45) is 0 Å². The summed E-state index contributed by atoms with van der Waals surface area (Å²) < 4.78 is 10.7. The van der Waals surface area contributed by atoms with Gasteiger partial charge in [0.05, 0.1) is 36.0 Å². The number of nitrogens with one attached hydrogen (secondary N) is 1. The van der Waals surface area contributed by atoms with E-state index in [0.29, 0.717) is 27.7 Å². The zero-order chi connectivity index (χ0) is 23.4. The number of esters is 1. The van der Waals surface area contributed by atoms with E-state index in [4.69, 9.17) is 9.47 Å². The number of hydrogen-bond donors (Lipinski definition) is 1. The lowest BCUT2D eigenvalue weighted by Crippen LogP contribution is -2.14. The second kappa shape index (κ2) is 9.79. The number of rotatable bonds is 7. The van der Waals surface area contributed by atoms with E-state index in [1.54, 1.807) is 25.5 Å². The topological polar surface area (TPSA) is 90.4 Å². The molecule has 2 aromatic heterocycles. The molecule has 0 saturated heterocycles. The van der Waals surface area contributed by atoms with Gasteiger partial charge in [-0.25, -0.2) is 9.78 Å². The molecule has 2 heterocycles. The number of pyridine rings is 1. The molecule has 0 fully saturated rings. The van der Waals surface area contributed by atoms with Gasteiger partial charge < -0.3 is 14.8 Å². The second-order valence-corrected chi connectivity index (χ2v) is 8.52. The summed E-state index contributed by atoms with van der Waals surface area (Å²) in [4.78, 5) is 33.8. The van der Waals surface area contributed by atoms with Crippen LogP contribution in [-0.2, 0) is 22.6 Å². The fourth-order valence-corrected chi connectivity index (χ4v) is 4.05. The Hall–Kier alpha value is -3.78. The van der Waals surface area contributed by atoms with Crippen LogP contribution in [0.5, 0.6) is 5.75 Å². The predicted molar refractivity (Wildman–Crippen MR) is 128 cm³/mol. The number of ether oxygens (including phenoxy) is 2. The largest absolute Gasteiger partial charge is 0.497 e. The van der Waals surface area contributed by atoms with Crippen molar-refractivity contribution in [3.63, 3.8) is 0 Å². The number of amides is 1. The summed E-state index contributed by atoms with van der Waals surface area (Å²) >= 11 is 1.36. The summed E-state index contributed by atoms with van der Waals surface area (Å²) in [5.74, 6) is 0.0651. The predicted octanol–water partition coefficient (Wildman–Crippen LogP) is 4.85. The first-order valence-corrected chi connectivity index (χ1v) is 11.2. The monoisotopic (exact) mass is 461 g/mol. The molecule has 2 aromatic carbocycles. The lowest BCUT2D eigenvalue weighted by molar-refractivity contribution is -0.115. The molecule has 0 bridgehead atoms. The number of thiazole rings is 1. The molecule has 0 spiro atoms. The number of fused-ring (bicyclic) bond motifs is 1. The molecule has 0 aliphatic heterocycles. The molecule has 4 rings (SSSR count). The molecule has 0 unspecified atom stereocenters. The highest BCUT2D eigenvalue weighted by atomic mass is 32.1. The van der Waals surface area contributed by atoms with Gasteiger partial charge in [-0.2, -0.15) is 0 Å². The molecule has 7 nitrogen and oxygen atoms in total. The first-order chi connectivity index (χ1) is 15.9. The summed E-state index contributed by atoms with van der Waals surface area (Å²) in [5, 5.41) is 6.09. The third-order valence-corrected chi connectivity index (χ3v) is 5.93. The summed E-state index contributed by atoms with van der Waals surface area (Å²) in [5.41, 5.74) is 4.22. The number of aromatic nitrogens is 2. The average molecular weight is 462 g/mol.